The molecule has 0 fully saturated rings. The summed E-state index contributed by atoms with van der Waals surface area (Å²) < 4.78 is 40.7. The van der Waals surface area contributed by atoms with Crippen molar-refractivity contribution in [3.05, 3.63) is 76.2 Å². The van der Waals surface area contributed by atoms with Crippen molar-refractivity contribution in [1.29, 1.82) is 0 Å². The van der Waals surface area contributed by atoms with Gasteiger partial charge in [0.05, 0.1) is 5.69 Å². The molecule has 2 aromatic carbocycles. The molecular weight excluding hydrogens is 404 g/mol. The van der Waals surface area contributed by atoms with E-state index in [1.54, 1.807) is 37.3 Å². The first-order valence-electron chi connectivity index (χ1n) is 8.66. The first kappa shape index (κ1) is 20.7. The van der Waals surface area contributed by atoms with E-state index in [0.717, 1.165) is 11.1 Å². The third-order valence-corrected chi connectivity index (χ3v) is 4.42. The molecule has 0 aliphatic rings. The molecule has 0 bridgehead atoms. The van der Waals surface area contributed by atoms with Crippen LogP contribution >= 0.6 is 11.6 Å². The molecule has 0 aliphatic heterocycles. The molecule has 5 nitrogen and oxygen atoms in total. The van der Waals surface area contributed by atoms with Crippen LogP contribution in [-0.2, 0) is 6.61 Å². The van der Waals surface area contributed by atoms with E-state index in [0.29, 0.717) is 16.5 Å². The Bertz CT molecular complexity index is 1020. The largest absolute Gasteiger partial charge is 0.486 e. The Balaban J connectivity index is 1.66. The van der Waals surface area contributed by atoms with Crippen molar-refractivity contribution in [3.8, 4) is 11.5 Å². The van der Waals surface area contributed by atoms with Gasteiger partial charge in [-0.2, -0.15) is 8.78 Å². The van der Waals surface area contributed by atoms with E-state index in [4.69, 9.17) is 20.8 Å². The van der Waals surface area contributed by atoms with Crippen LogP contribution in [0.2, 0.25) is 5.02 Å². The van der Waals surface area contributed by atoms with Crippen molar-refractivity contribution in [1.82, 2.24) is 0 Å². The van der Waals surface area contributed by atoms with Gasteiger partial charge in [0, 0.05) is 5.02 Å². The molecule has 0 saturated heterocycles. The van der Waals surface area contributed by atoms with Gasteiger partial charge in [-0.3, -0.25) is 4.79 Å². The highest BCUT2D eigenvalue weighted by Gasteiger charge is 2.16. The molecule has 3 rings (SSSR count). The number of ether oxygens (including phenoxy) is 2. The monoisotopic (exact) mass is 421 g/mol. The number of amides is 1. The lowest BCUT2D eigenvalue weighted by Crippen LogP contribution is -2.13. The van der Waals surface area contributed by atoms with Gasteiger partial charge in [0.25, 0.3) is 5.91 Å². The number of nitrogens with one attached hydrogen (secondary N) is 1. The van der Waals surface area contributed by atoms with Gasteiger partial charge in [-0.15, -0.1) is 0 Å². The van der Waals surface area contributed by atoms with Crippen LogP contribution in [0.5, 0.6) is 11.5 Å². The first-order valence-corrected chi connectivity index (χ1v) is 9.04. The van der Waals surface area contributed by atoms with Crippen LogP contribution in [0.25, 0.3) is 0 Å². The summed E-state index contributed by atoms with van der Waals surface area (Å²) in [4.78, 5) is 12.4. The van der Waals surface area contributed by atoms with E-state index in [1.807, 2.05) is 6.92 Å². The quantitative estimate of drug-likeness (QED) is 0.509. The number of rotatable bonds is 7. The Labute approximate surface area is 171 Å². The molecule has 0 saturated carbocycles. The van der Waals surface area contributed by atoms with Gasteiger partial charge >= 0.3 is 6.61 Å². The molecule has 0 unspecified atom stereocenters. The Morgan fingerprint density at radius 1 is 1.14 bits per heavy atom. The van der Waals surface area contributed by atoms with Crippen molar-refractivity contribution in [2.45, 2.75) is 27.1 Å². The summed E-state index contributed by atoms with van der Waals surface area (Å²) in [7, 11) is 0. The highest BCUT2D eigenvalue weighted by Crippen LogP contribution is 2.28. The van der Waals surface area contributed by atoms with Crippen molar-refractivity contribution < 1.29 is 27.5 Å². The van der Waals surface area contributed by atoms with Gasteiger partial charge in [0.15, 0.2) is 5.76 Å². The number of carbonyl (C=O) groups excluding carboxylic acids is 1. The molecule has 0 aliphatic carbocycles. The number of carbonyl (C=O) groups is 1. The molecular formula is C21H18ClF2NO4. The third-order valence-electron chi connectivity index (χ3n) is 4.00. The van der Waals surface area contributed by atoms with Gasteiger partial charge < -0.3 is 19.2 Å². The van der Waals surface area contributed by atoms with Crippen LogP contribution in [0.15, 0.2) is 52.9 Å². The van der Waals surface area contributed by atoms with Gasteiger partial charge in [-0.25, -0.2) is 0 Å². The molecule has 0 atom stereocenters. The fourth-order valence-electron chi connectivity index (χ4n) is 2.56. The van der Waals surface area contributed by atoms with Gasteiger partial charge in [0.2, 0.25) is 0 Å². The SMILES string of the molecule is Cc1ccc(OC(F)F)c(NC(=O)c2ccc(COc3ccc(Cl)c(C)c3)o2)c1. The molecule has 1 N–H and O–H groups in total. The zero-order chi connectivity index (χ0) is 21.0. The first-order chi connectivity index (χ1) is 13.8. The van der Waals surface area contributed by atoms with E-state index >= 15 is 0 Å². The van der Waals surface area contributed by atoms with Gasteiger partial charge in [-0.1, -0.05) is 17.7 Å². The zero-order valence-corrected chi connectivity index (χ0v) is 16.4. The van der Waals surface area contributed by atoms with Crippen LogP contribution in [0.3, 0.4) is 0 Å². The number of anilines is 1. The predicted molar refractivity (Wildman–Crippen MR) is 105 cm³/mol. The highest BCUT2D eigenvalue weighted by molar-refractivity contribution is 6.31. The fourth-order valence-corrected chi connectivity index (χ4v) is 2.68. The Morgan fingerprint density at radius 3 is 2.66 bits per heavy atom. The summed E-state index contributed by atoms with van der Waals surface area (Å²) in [6.07, 6.45) is 0. The minimum atomic E-state index is -3.00. The number of halogens is 3. The van der Waals surface area contributed by atoms with E-state index in [9.17, 15) is 13.6 Å². The maximum absolute atomic E-state index is 12.6. The predicted octanol–water partition coefficient (Wildman–Crippen LogP) is 5.98. The summed E-state index contributed by atoms with van der Waals surface area (Å²) in [6.45, 7) is 0.737. The summed E-state index contributed by atoms with van der Waals surface area (Å²) in [5, 5.41) is 3.17. The maximum atomic E-state index is 12.6. The standard InChI is InChI=1S/C21H18ClF2NO4/c1-12-3-7-18(29-21(23)24)17(9-12)25-20(26)19-8-5-15(28-19)11-27-14-4-6-16(22)13(2)10-14/h3-10,21H,11H2,1-2H3,(H,25,26). The molecule has 29 heavy (non-hydrogen) atoms. The number of furan rings is 1. The minimum Gasteiger partial charge on any atom is -0.486 e. The zero-order valence-electron chi connectivity index (χ0n) is 15.7. The molecule has 8 heteroatoms. The van der Waals surface area contributed by atoms with E-state index < -0.39 is 12.5 Å². The van der Waals surface area contributed by atoms with E-state index in [-0.39, 0.29) is 23.8 Å². The summed E-state index contributed by atoms with van der Waals surface area (Å²) in [6, 6.07) is 12.8. The third kappa shape index (κ3) is 5.48. The summed E-state index contributed by atoms with van der Waals surface area (Å²) >= 11 is 5.98. The normalized spacial score (nSPS) is 10.8. The second-order valence-corrected chi connectivity index (χ2v) is 6.71. The molecule has 0 radical (unpaired) electrons. The molecule has 0 spiro atoms. The summed E-state index contributed by atoms with van der Waals surface area (Å²) in [5.41, 5.74) is 1.78. The molecule has 1 amide bonds. The molecule has 1 aromatic heterocycles. The van der Waals surface area contributed by atoms with Crippen LogP contribution in [-0.4, -0.2) is 12.5 Å². The number of aryl methyl sites for hydroxylation is 2. The lowest BCUT2D eigenvalue weighted by molar-refractivity contribution is -0.0493. The lowest BCUT2D eigenvalue weighted by Gasteiger charge is -2.12. The van der Waals surface area contributed by atoms with Crippen LogP contribution in [0, 0.1) is 13.8 Å². The maximum Gasteiger partial charge on any atom is 0.387 e. The number of hydrogen-bond donors (Lipinski definition) is 1. The average Bonchev–Trinajstić information content (AvgIpc) is 3.14. The summed E-state index contributed by atoms with van der Waals surface area (Å²) in [5.74, 6) is 0.328. The number of hydrogen-bond acceptors (Lipinski definition) is 4. The number of benzene rings is 2. The molecule has 152 valence electrons. The average molecular weight is 422 g/mol. The number of alkyl halides is 2. The Morgan fingerprint density at radius 2 is 1.93 bits per heavy atom. The highest BCUT2D eigenvalue weighted by atomic mass is 35.5. The van der Waals surface area contributed by atoms with Crippen molar-refractivity contribution in [3.63, 3.8) is 0 Å². The molecule has 3 aromatic rings. The smallest absolute Gasteiger partial charge is 0.387 e. The van der Waals surface area contributed by atoms with Crippen molar-refractivity contribution in [2.24, 2.45) is 0 Å². The topological polar surface area (TPSA) is 60.7 Å². The van der Waals surface area contributed by atoms with Gasteiger partial charge in [0.1, 0.15) is 23.9 Å². The minimum absolute atomic E-state index is 0.0142. The molecule has 1 heterocycles. The van der Waals surface area contributed by atoms with Crippen LogP contribution in [0.4, 0.5) is 14.5 Å². The Kier molecular flexibility index (Phi) is 6.39. The van der Waals surface area contributed by atoms with Crippen molar-refractivity contribution in [2.75, 3.05) is 5.32 Å². The van der Waals surface area contributed by atoms with Crippen LogP contribution < -0.4 is 14.8 Å². The lowest BCUT2D eigenvalue weighted by atomic mass is 10.2. The van der Waals surface area contributed by atoms with E-state index in [2.05, 4.69) is 10.1 Å². The van der Waals surface area contributed by atoms with Gasteiger partial charge in [-0.05, 0) is 67.4 Å². The van der Waals surface area contributed by atoms with Crippen molar-refractivity contribution >= 4 is 23.2 Å². The second kappa shape index (κ2) is 8.96. The Hall–Kier alpha value is -3.06. The second-order valence-electron chi connectivity index (χ2n) is 6.30. The van der Waals surface area contributed by atoms with E-state index in [1.165, 1.54) is 18.2 Å². The van der Waals surface area contributed by atoms with Crippen LogP contribution in [0.1, 0.15) is 27.4 Å². The fraction of sp³-hybridized carbons (Fsp3) is 0.190.